The van der Waals surface area contributed by atoms with E-state index in [9.17, 15) is 14.4 Å². The van der Waals surface area contributed by atoms with E-state index in [1.165, 1.54) is 4.90 Å². The molecule has 1 amide bonds. The first-order valence-corrected chi connectivity index (χ1v) is 11.0. The number of carbonyl (C=O) groups excluding carboxylic acids is 3. The van der Waals surface area contributed by atoms with Crippen molar-refractivity contribution in [2.75, 3.05) is 51.0 Å². The summed E-state index contributed by atoms with van der Waals surface area (Å²) in [5.41, 5.74) is 12.7. The number of carbonyl (C=O) groups is 3. The Balaban J connectivity index is 1.81. The van der Waals surface area contributed by atoms with E-state index < -0.39 is 11.7 Å². The minimum Gasteiger partial charge on any atom is -0.444 e. The third-order valence-electron chi connectivity index (χ3n) is 4.59. The maximum absolute atomic E-state index is 12.6. The van der Waals surface area contributed by atoms with Gasteiger partial charge in [-0.2, -0.15) is 0 Å². The number of hydrogen-bond acceptors (Lipinski definition) is 8. The maximum atomic E-state index is 12.6. The molecule has 0 unspecified atom stereocenters. The monoisotopic (exact) mass is 471 g/mol. The van der Waals surface area contributed by atoms with Gasteiger partial charge in [0.05, 0.1) is 13.2 Å². The number of hydrogen-bond donors (Lipinski definition) is 2. The Bertz CT molecular complexity index is 887. The number of nitrogens with two attached hydrogens (primary N) is 2. The molecule has 0 radical (unpaired) electrons. The van der Waals surface area contributed by atoms with Gasteiger partial charge in [0.1, 0.15) is 18.8 Å². The predicted octanol–water partition coefficient (Wildman–Crippen LogP) is 3.19. The summed E-state index contributed by atoms with van der Waals surface area (Å²) in [5, 5.41) is 0. The van der Waals surface area contributed by atoms with Gasteiger partial charge in [0.25, 0.3) is 0 Å². The summed E-state index contributed by atoms with van der Waals surface area (Å²) in [6.45, 7) is 5.70. The Morgan fingerprint density at radius 3 is 1.47 bits per heavy atom. The summed E-state index contributed by atoms with van der Waals surface area (Å²) in [5.74, 6) is -0.373. The molecular weight excluding hydrogens is 438 g/mol. The summed E-state index contributed by atoms with van der Waals surface area (Å²) < 4.78 is 16.4. The van der Waals surface area contributed by atoms with Gasteiger partial charge in [-0.1, -0.05) is 0 Å². The molecular formula is C25H33N3O6. The molecule has 0 saturated carbocycles. The van der Waals surface area contributed by atoms with Crippen LogP contribution in [0.3, 0.4) is 0 Å². The van der Waals surface area contributed by atoms with Crippen molar-refractivity contribution in [3.63, 3.8) is 0 Å². The van der Waals surface area contributed by atoms with E-state index in [0.29, 0.717) is 22.5 Å². The van der Waals surface area contributed by atoms with Crippen LogP contribution in [0.4, 0.5) is 16.2 Å². The van der Waals surface area contributed by atoms with E-state index in [0.717, 1.165) is 0 Å². The standard InChI is InChI=1S/C25H33N3O6/c1-25(2,3)34-24(31)28(12-14-32-16-22(29)18-4-8-20(26)9-5-18)13-15-33-17-23(30)19-6-10-21(27)11-7-19/h4-11H,12-17,26-27H2,1-3H3. The average molecular weight is 472 g/mol. The highest BCUT2D eigenvalue weighted by Gasteiger charge is 2.22. The quantitative estimate of drug-likeness (QED) is 0.274. The Kier molecular flexibility index (Phi) is 10.0. The van der Waals surface area contributed by atoms with Crippen LogP contribution in [0.15, 0.2) is 48.5 Å². The third kappa shape index (κ3) is 9.60. The molecule has 9 heteroatoms. The zero-order valence-corrected chi connectivity index (χ0v) is 19.9. The summed E-state index contributed by atoms with van der Waals surface area (Å²) in [6, 6.07) is 13.1. The van der Waals surface area contributed by atoms with Crippen molar-refractivity contribution in [1.82, 2.24) is 4.90 Å². The fraction of sp³-hybridized carbons (Fsp3) is 0.400. The van der Waals surface area contributed by atoms with Gasteiger partial charge < -0.3 is 30.6 Å². The molecule has 0 atom stereocenters. The topological polar surface area (TPSA) is 134 Å². The number of benzene rings is 2. The molecule has 184 valence electrons. The van der Waals surface area contributed by atoms with Crippen LogP contribution in [0.5, 0.6) is 0 Å². The lowest BCUT2D eigenvalue weighted by Gasteiger charge is -2.27. The minimum atomic E-state index is -0.673. The van der Waals surface area contributed by atoms with Crippen LogP contribution in [0.25, 0.3) is 0 Å². The zero-order chi connectivity index (χ0) is 25.1. The normalized spacial score (nSPS) is 11.1. The molecule has 0 aliphatic carbocycles. The van der Waals surface area contributed by atoms with Crippen molar-refractivity contribution < 1.29 is 28.6 Å². The van der Waals surface area contributed by atoms with Crippen molar-refractivity contribution >= 4 is 29.0 Å². The van der Waals surface area contributed by atoms with Gasteiger partial charge >= 0.3 is 6.09 Å². The van der Waals surface area contributed by atoms with Crippen LogP contribution in [0.2, 0.25) is 0 Å². The molecule has 2 aromatic rings. The lowest BCUT2D eigenvalue weighted by atomic mass is 10.1. The molecule has 0 spiro atoms. The molecule has 2 rings (SSSR count). The van der Waals surface area contributed by atoms with Crippen molar-refractivity contribution in [3.05, 3.63) is 59.7 Å². The van der Waals surface area contributed by atoms with E-state index in [1.807, 2.05) is 0 Å². The molecule has 2 aromatic carbocycles. The third-order valence-corrected chi connectivity index (χ3v) is 4.59. The first kappa shape index (κ1) is 26.8. The number of nitrogens with zero attached hydrogens (tertiary/aromatic N) is 1. The zero-order valence-electron chi connectivity index (χ0n) is 19.9. The molecule has 34 heavy (non-hydrogen) atoms. The van der Waals surface area contributed by atoms with Gasteiger partial charge in [0, 0.05) is 35.6 Å². The molecule has 9 nitrogen and oxygen atoms in total. The molecule has 4 N–H and O–H groups in total. The predicted molar refractivity (Wildman–Crippen MR) is 130 cm³/mol. The molecule has 0 heterocycles. The van der Waals surface area contributed by atoms with Gasteiger partial charge in [-0.05, 0) is 69.3 Å². The van der Waals surface area contributed by atoms with Gasteiger partial charge in [0.2, 0.25) is 0 Å². The lowest BCUT2D eigenvalue weighted by Crippen LogP contribution is -2.40. The van der Waals surface area contributed by atoms with E-state index >= 15 is 0 Å². The van der Waals surface area contributed by atoms with Crippen LogP contribution < -0.4 is 11.5 Å². The molecule has 0 aliphatic rings. The van der Waals surface area contributed by atoms with E-state index in [4.69, 9.17) is 25.7 Å². The van der Waals surface area contributed by atoms with Crippen LogP contribution in [-0.4, -0.2) is 67.7 Å². The second-order valence-electron chi connectivity index (χ2n) is 8.66. The Morgan fingerprint density at radius 1 is 0.735 bits per heavy atom. The van der Waals surface area contributed by atoms with Crippen LogP contribution in [-0.2, 0) is 14.2 Å². The molecule has 0 saturated heterocycles. The number of ketones is 2. The van der Waals surface area contributed by atoms with Gasteiger partial charge in [-0.25, -0.2) is 4.79 Å². The smallest absolute Gasteiger partial charge is 0.410 e. The van der Waals surface area contributed by atoms with E-state index in [1.54, 1.807) is 69.3 Å². The van der Waals surface area contributed by atoms with Crippen molar-refractivity contribution in [2.45, 2.75) is 26.4 Å². The van der Waals surface area contributed by atoms with Gasteiger partial charge in [0.15, 0.2) is 11.6 Å². The highest BCUT2D eigenvalue weighted by atomic mass is 16.6. The SMILES string of the molecule is CC(C)(C)OC(=O)N(CCOCC(=O)c1ccc(N)cc1)CCOCC(=O)c1ccc(N)cc1. The number of ether oxygens (including phenoxy) is 3. The first-order chi connectivity index (χ1) is 16.0. The fourth-order valence-electron chi connectivity index (χ4n) is 2.80. The highest BCUT2D eigenvalue weighted by molar-refractivity contribution is 5.97. The van der Waals surface area contributed by atoms with E-state index in [2.05, 4.69) is 0 Å². The summed E-state index contributed by atoms with van der Waals surface area (Å²) in [4.78, 5) is 38.4. The summed E-state index contributed by atoms with van der Waals surface area (Å²) in [6.07, 6.45) is -0.533. The summed E-state index contributed by atoms with van der Waals surface area (Å²) >= 11 is 0. The number of Topliss-reactive ketones (excluding diaryl/α,β-unsaturated/α-hetero) is 2. The van der Waals surface area contributed by atoms with Crippen LogP contribution in [0, 0.1) is 0 Å². The number of amides is 1. The van der Waals surface area contributed by atoms with Crippen molar-refractivity contribution in [2.24, 2.45) is 0 Å². The van der Waals surface area contributed by atoms with Crippen molar-refractivity contribution in [3.8, 4) is 0 Å². The Labute approximate surface area is 199 Å². The molecule has 0 bridgehead atoms. The number of rotatable bonds is 12. The van der Waals surface area contributed by atoms with Gasteiger partial charge in [-0.3, -0.25) is 9.59 Å². The van der Waals surface area contributed by atoms with Gasteiger partial charge in [-0.15, -0.1) is 0 Å². The Morgan fingerprint density at radius 2 is 1.12 bits per heavy atom. The number of nitrogen functional groups attached to an aromatic ring is 2. The summed E-state index contributed by atoms with van der Waals surface area (Å²) in [7, 11) is 0. The van der Waals surface area contributed by atoms with Crippen LogP contribution in [0.1, 0.15) is 41.5 Å². The lowest BCUT2D eigenvalue weighted by molar-refractivity contribution is 0.0110. The molecule has 0 aromatic heterocycles. The number of anilines is 2. The van der Waals surface area contributed by atoms with E-state index in [-0.39, 0.29) is 51.1 Å². The Hall–Kier alpha value is -3.43. The largest absolute Gasteiger partial charge is 0.444 e. The first-order valence-electron chi connectivity index (χ1n) is 11.0. The fourth-order valence-corrected chi connectivity index (χ4v) is 2.80. The minimum absolute atomic E-state index is 0.126. The average Bonchev–Trinajstić information content (AvgIpc) is 2.77. The second kappa shape index (κ2) is 12.7. The highest BCUT2D eigenvalue weighted by Crippen LogP contribution is 2.11. The second-order valence-corrected chi connectivity index (χ2v) is 8.66. The van der Waals surface area contributed by atoms with Crippen molar-refractivity contribution in [1.29, 1.82) is 0 Å². The van der Waals surface area contributed by atoms with Crippen LogP contribution >= 0.6 is 0 Å². The molecule has 0 aliphatic heterocycles. The molecule has 0 fully saturated rings. The maximum Gasteiger partial charge on any atom is 0.410 e.